The molecule has 1 unspecified atom stereocenters. The first-order chi connectivity index (χ1) is 5.20. The van der Waals surface area contributed by atoms with Crippen molar-refractivity contribution in [2.45, 2.75) is 33.4 Å². The predicted octanol–water partition coefficient (Wildman–Crippen LogP) is 1.44. The quantitative estimate of drug-likeness (QED) is 0.388. The normalized spacial score (nSPS) is 16.4. The number of hydrogen-bond donors (Lipinski definition) is 1. The lowest BCUT2D eigenvalue weighted by Gasteiger charge is -2.37. The van der Waals surface area contributed by atoms with E-state index >= 15 is 0 Å². The minimum absolute atomic E-state index is 0.286. The van der Waals surface area contributed by atoms with Gasteiger partial charge in [0.2, 0.25) is 0 Å². The summed E-state index contributed by atoms with van der Waals surface area (Å²) in [6, 6.07) is 0. The fourth-order valence-electron chi connectivity index (χ4n) is 0.404. The monoisotopic (exact) mass is 171 g/mol. The molecule has 12 heavy (non-hydrogen) atoms. The van der Waals surface area contributed by atoms with Gasteiger partial charge in [-0.25, -0.2) is 4.79 Å². The van der Waals surface area contributed by atoms with Gasteiger partial charge in [-0.3, -0.25) is 5.73 Å². The van der Waals surface area contributed by atoms with Gasteiger partial charge in [0.1, 0.15) is 0 Å². The van der Waals surface area contributed by atoms with E-state index in [4.69, 9.17) is 10.5 Å². The number of ether oxygens (including phenoxy) is 1. The Morgan fingerprint density at radius 3 is 2.08 bits per heavy atom. The van der Waals surface area contributed by atoms with E-state index < -0.39 is 11.7 Å². The third-order valence-electron chi connectivity index (χ3n) is 1.97. The lowest BCUT2D eigenvalue weighted by atomic mass is 9.85. The Hall–Kier alpha value is -0.830. The Bertz CT molecular complexity index is 189. The lowest BCUT2D eigenvalue weighted by Crippen LogP contribution is -2.51. The van der Waals surface area contributed by atoms with E-state index in [1.807, 2.05) is 20.8 Å². The molecule has 0 aromatic heterocycles. The number of esters is 1. The van der Waals surface area contributed by atoms with Crippen LogP contribution in [0.25, 0.3) is 0 Å². The van der Waals surface area contributed by atoms with Gasteiger partial charge >= 0.3 is 5.97 Å². The SMILES string of the molecule is C=CC(=O)OC(C)(N)C(C)(C)C. The maximum atomic E-state index is 10.9. The Morgan fingerprint density at radius 1 is 1.42 bits per heavy atom. The second-order valence-electron chi connectivity index (χ2n) is 3.98. The molecule has 0 fully saturated rings. The molecule has 0 amide bonds. The lowest BCUT2D eigenvalue weighted by molar-refractivity contribution is -0.162. The molecule has 0 bridgehead atoms. The maximum absolute atomic E-state index is 10.9. The molecule has 0 radical (unpaired) electrons. The number of nitrogens with two attached hydrogens (primary N) is 1. The zero-order chi connectivity index (χ0) is 9.99. The van der Waals surface area contributed by atoms with Crippen LogP contribution >= 0.6 is 0 Å². The molecule has 0 aliphatic carbocycles. The molecule has 70 valence electrons. The van der Waals surface area contributed by atoms with Crippen LogP contribution in [0, 0.1) is 5.41 Å². The standard InChI is InChI=1S/C9H17NO2/c1-6-7(11)12-9(5,10)8(2,3)4/h6H,1,10H2,2-5H3. The molecule has 0 rings (SSSR count). The molecule has 0 heterocycles. The van der Waals surface area contributed by atoms with E-state index in [1.165, 1.54) is 0 Å². The summed E-state index contributed by atoms with van der Waals surface area (Å²) in [5.41, 5.74) is 4.53. The molecule has 3 heteroatoms. The minimum atomic E-state index is -0.960. The van der Waals surface area contributed by atoms with Gasteiger partial charge in [-0.05, 0) is 6.92 Å². The molecule has 3 nitrogen and oxygen atoms in total. The van der Waals surface area contributed by atoms with Crippen molar-refractivity contribution in [2.24, 2.45) is 11.1 Å². The van der Waals surface area contributed by atoms with Crippen molar-refractivity contribution >= 4 is 5.97 Å². The highest BCUT2D eigenvalue weighted by molar-refractivity contribution is 5.81. The third-order valence-corrected chi connectivity index (χ3v) is 1.97. The molecule has 0 aliphatic rings. The Morgan fingerprint density at radius 2 is 1.83 bits per heavy atom. The van der Waals surface area contributed by atoms with Crippen LogP contribution in [0.2, 0.25) is 0 Å². The van der Waals surface area contributed by atoms with E-state index in [0.29, 0.717) is 0 Å². The van der Waals surface area contributed by atoms with Gasteiger partial charge in [-0.2, -0.15) is 0 Å². The molecular formula is C9H17NO2. The molecule has 0 aliphatic heterocycles. The van der Waals surface area contributed by atoms with Crippen LogP contribution < -0.4 is 5.73 Å². The topological polar surface area (TPSA) is 52.3 Å². The molecular weight excluding hydrogens is 154 g/mol. The van der Waals surface area contributed by atoms with E-state index in [0.717, 1.165) is 6.08 Å². The van der Waals surface area contributed by atoms with Gasteiger partial charge in [0.25, 0.3) is 0 Å². The number of carbonyl (C=O) groups is 1. The van der Waals surface area contributed by atoms with Crippen LogP contribution in [0.5, 0.6) is 0 Å². The molecule has 1 atom stereocenters. The first kappa shape index (κ1) is 11.2. The summed E-state index contributed by atoms with van der Waals surface area (Å²) in [5, 5.41) is 0. The zero-order valence-corrected chi connectivity index (χ0v) is 8.18. The van der Waals surface area contributed by atoms with E-state index in [2.05, 4.69) is 6.58 Å². The van der Waals surface area contributed by atoms with Crippen LogP contribution in [0.15, 0.2) is 12.7 Å². The summed E-state index contributed by atoms with van der Waals surface area (Å²) in [7, 11) is 0. The van der Waals surface area contributed by atoms with Gasteiger partial charge in [-0.1, -0.05) is 27.4 Å². The van der Waals surface area contributed by atoms with Crippen LogP contribution in [0.3, 0.4) is 0 Å². The predicted molar refractivity (Wildman–Crippen MR) is 48.3 cm³/mol. The Labute approximate surface area is 73.6 Å². The summed E-state index contributed by atoms with van der Waals surface area (Å²) in [6.07, 6.45) is 1.11. The van der Waals surface area contributed by atoms with Gasteiger partial charge in [0.05, 0.1) is 0 Å². The van der Waals surface area contributed by atoms with Crippen molar-refractivity contribution in [3.63, 3.8) is 0 Å². The number of hydrogen-bond acceptors (Lipinski definition) is 3. The van der Waals surface area contributed by atoms with Crippen molar-refractivity contribution < 1.29 is 9.53 Å². The van der Waals surface area contributed by atoms with Gasteiger partial charge in [0.15, 0.2) is 5.72 Å². The largest absolute Gasteiger partial charge is 0.441 e. The Kier molecular flexibility index (Phi) is 3.04. The summed E-state index contributed by atoms with van der Waals surface area (Å²) in [4.78, 5) is 10.9. The molecule has 0 aromatic rings. The highest BCUT2D eigenvalue weighted by Crippen LogP contribution is 2.28. The van der Waals surface area contributed by atoms with E-state index in [-0.39, 0.29) is 5.41 Å². The minimum Gasteiger partial charge on any atom is -0.441 e. The Balaban J connectivity index is 4.43. The fraction of sp³-hybridized carbons (Fsp3) is 0.667. The summed E-state index contributed by atoms with van der Waals surface area (Å²) < 4.78 is 4.97. The third kappa shape index (κ3) is 2.66. The van der Waals surface area contributed by atoms with Crippen molar-refractivity contribution in [2.75, 3.05) is 0 Å². The average Bonchev–Trinajstić information content (AvgIpc) is 1.84. The summed E-state index contributed by atoms with van der Waals surface area (Å²) in [6.45, 7) is 10.7. The van der Waals surface area contributed by atoms with Crippen molar-refractivity contribution in [3.05, 3.63) is 12.7 Å². The highest BCUT2D eigenvalue weighted by Gasteiger charge is 2.36. The second kappa shape index (κ2) is 3.27. The van der Waals surface area contributed by atoms with Crippen LogP contribution in [-0.2, 0) is 9.53 Å². The molecule has 0 aromatic carbocycles. The average molecular weight is 171 g/mol. The van der Waals surface area contributed by atoms with Crippen molar-refractivity contribution in [3.8, 4) is 0 Å². The number of rotatable bonds is 2. The molecule has 0 saturated carbocycles. The van der Waals surface area contributed by atoms with Crippen molar-refractivity contribution in [1.29, 1.82) is 0 Å². The van der Waals surface area contributed by atoms with Crippen LogP contribution in [-0.4, -0.2) is 11.7 Å². The first-order valence-corrected chi connectivity index (χ1v) is 3.85. The summed E-state index contributed by atoms with van der Waals surface area (Å²) in [5.74, 6) is -0.491. The highest BCUT2D eigenvalue weighted by atomic mass is 16.6. The molecule has 0 spiro atoms. The van der Waals surface area contributed by atoms with Crippen LogP contribution in [0.1, 0.15) is 27.7 Å². The molecule has 2 N–H and O–H groups in total. The summed E-state index contributed by atoms with van der Waals surface area (Å²) >= 11 is 0. The zero-order valence-electron chi connectivity index (χ0n) is 8.18. The molecule has 0 saturated heterocycles. The van der Waals surface area contributed by atoms with E-state index in [1.54, 1.807) is 6.92 Å². The van der Waals surface area contributed by atoms with E-state index in [9.17, 15) is 4.79 Å². The maximum Gasteiger partial charge on any atom is 0.331 e. The van der Waals surface area contributed by atoms with Gasteiger partial charge in [0, 0.05) is 11.5 Å². The van der Waals surface area contributed by atoms with Crippen molar-refractivity contribution in [1.82, 2.24) is 0 Å². The van der Waals surface area contributed by atoms with Gasteiger partial charge < -0.3 is 4.74 Å². The second-order valence-corrected chi connectivity index (χ2v) is 3.98. The first-order valence-electron chi connectivity index (χ1n) is 3.85. The fourth-order valence-corrected chi connectivity index (χ4v) is 0.404. The van der Waals surface area contributed by atoms with Gasteiger partial charge in [-0.15, -0.1) is 0 Å². The smallest absolute Gasteiger partial charge is 0.331 e. The van der Waals surface area contributed by atoms with Crippen LogP contribution in [0.4, 0.5) is 0 Å². The number of carbonyl (C=O) groups excluding carboxylic acids is 1.